The van der Waals surface area contributed by atoms with Gasteiger partial charge in [0, 0.05) is 6.04 Å². The van der Waals surface area contributed by atoms with E-state index in [1.165, 1.54) is 19.3 Å². The Morgan fingerprint density at radius 1 is 1.27 bits per heavy atom. The van der Waals surface area contributed by atoms with Crippen molar-refractivity contribution >= 4 is 11.9 Å². The Labute approximate surface area is 75.5 Å². The summed E-state index contributed by atoms with van der Waals surface area (Å²) in [4.78, 5) is 0. The van der Waals surface area contributed by atoms with Crippen LogP contribution in [0.1, 0.15) is 40.0 Å². The maximum Gasteiger partial charge on any atom is 0.0171 e. The van der Waals surface area contributed by atoms with E-state index in [1.54, 1.807) is 11.9 Å². The van der Waals surface area contributed by atoms with E-state index < -0.39 is 0 Å². The standard InChI is InChI=1S/C9H21NS/c1-5-8(3)7-9(6-2)10-11-4/h8-10H,5-7H2,1-4H3. The number of nitrogens with one attached hydrogen (secondary N) is 1. The molecule has 1 N–H and O–H groups in total. The molecular formula is C9H21NS. The maximum atomic E-state index is 3.41. The summed E-state index contributed by atoms with van der Waals surface area (Å²) in [5.74, 6) is 0.861. The third kappa shape index (κ3) is 5.57. The van der Waals surface area contributed by atoms with Gasteiger partial charge in [0.1, 0.15) is 0 Å². The summed E-state index contributed by atoms with van der Waals surface area (Å²) in [7, 11) is 0. The molecule has 0 aromatic rings. The molecule has 0 aromatic carbocycles. The quantitative estimate of drug-likeness (QED) is 0.623. The fraction of sp³-hybridized carbons (Fsp3) is 1.00. The number of hydrogen-bond acceptors (Lipinski definition) is 2. The Balaban J connectivity index is 3.49. The van der Waals surface area contributed by atoms with Crippen molar-refractivity contribution in [3.05, 3.63) is 0 Å². The van der Waals surface area contributed by atoms with Crippen LogP contribution >= 0.6 is 11.9 Å². The van der Waals surface area contributed by atoms with Crippen LogP contribution in [0.5, 0.6) is 0 Å². The molecule has 2 heteroatoms. The molecule has 0 saturated carbocycles. The van der Waals surface area contributed by atoms with E-state index in [0.29, 0.717) is 6.04 Å². The zero-order valence-electron chi connectivity index (χ0n) is 8.18. The fourth-order valence-corrected chi connectivity index (χ4v) is 1.71. The molecule has 2 unspecified atom stereocenters. The minimum absolute atomic E-state index is 0.708. The number of hydrogen-bond donors (Lipinski definition) is 1. The summed E-state index contributed by atoms with van der Waals surface area (Å²) in [5.41, 5.74) is 0. The van der Waals surface area contributed by atoms with Gasteiger partial charge in [0.2, 0.25) is 0 Å². The zero-order valence-corrected chi connectivity index (χ0v) is 9.00. The van der Waals surface area contributed by atoms with Gasteiger partial charge in [0.15, 0.2) is 0 Å². The summed E-state index contributed by atoms with van der Waals surface area (Å²) in [6, 6.07) is 0.708. The van der Waals surface area contributed by atoms with Crippen LogP contribution in [0.3, 0.4) is 0 Å². The van der Waals surface area contributed by atoms with Crippen molar-refractivity contribution in [2.24, 2.45) is 5.92 Å². The smallest absolute Gasteiger partial charge is 0.0171 e. The van der Waals surface area contributed by atoms with Crippen molar-refractivity contribution in [3.8, 4) is 0 Å². The molecule has 0 aliphatic carbocycles. The second kappa shape index (κ2) is 6.99. The highest BCUT2D eigenvalue weighted by Crippen LogP contribution is 2.13. The molecule has 0 aromatic heterocycles. The average molecular weight is 175 g/mol. The second-order valence-corrected chi connectivity index (χ2v) is 3.82. The van der Waals surface area contributed by atoms with E-state index in [2.05, 4.69) is 31.7 Å². The highest BCUT2D eigenvalue weighted by Gasteiger charge is 2.08. The van der Waals surface area contributed by atoms with Gasteiger partial charge in [-0.1, -0.05) is 39.1 Å². The third-order valence-electron chi connectivity index (χ3n) is 2.16. The highest BCUT2D eigenvalue weighted by molar-refractivity contribution is 7.96. The lowest BCUT2D eigenvalue weighted by atomic mass is 9.99. The van der Waals surface area contributed by atoms with E-state index >= 15 is 0 Å². The molecule has 0 spiro atoms. The van der Waals surface area contributed by atoms with Crippen molar-refractivity contribution in [1.29, 1.82) is 0 Å². The molecule has 1 nitrogen and oxygen atoms in total. The van der Waals surface area contributed by atoms with Gasteiger partial charge in [-0.25, -0.2) is 0 Å². The maximum absolute atomic E-state index is 3.41. The van der Waals surface area contributed by atoms with E-state index in [1.807, 2.05) is 0 Å². The van der Waals surface area contributed by atoms with Crippen LogP contribution in [0.25, 0.3) is 0 Å². The molecule has 0 bridgehead atoms. The van der Waals surface area contributed by atoms with Crippen LogP contribution in [0.4, 0.5) is 0 Å². The Kier molecular flexibility index (Phi) is 7.18. The lowest BCUT2D eigenvalue weighted by Crippen LogP contribution is -2.24. The molecule has 2 atom stereocenters. The van der Waals surface area contributed by atoms with Gasteiger partial charge in [-0.05, 0) is 25.0 Å². The van der Waals surface area contributed by atoms with Crippen LogP contribution in [-0.4, -0.2) is 12.3 Å². The predicted octanol–water partition coefficient (Wildman–Crippen LogP) is 3.07. The topological polar surface area (TPSA) is 12.0 Å². The molecule has 0 aliphatic rings. The first-order valence-corrected chi connectivity index (χ1v) is 5.75. The first kappa shape index (κ1) is 11.3. The van der Waals surface area contributed by atoms with Crippen molar-refractivity contribution in [2.75, 3.05) is 6.26 Å². The molecule has 11 heavy (non-hydrogen) atoms. The summed E-state index contributed by atoms with van der Waals surface area (Å²) < 4.78 is 3.41. The minimum atomic E-state index is 0.708. The van der Waals surface area contributed by atoms with Gasteiger partial charge < -0.3 is 0 Å². The molecule has 0 radical (unpaired) electrons. The molecular weight excluding hydrogens is 154 g/mol. The van der Waals surface area contributed by atoms with Gasteiger partial charge in [-0.15, -0.1) is 0 Å². The van der Waals surface area contributed by atoms with Crippen LogP contribution in [0.2, 0.25) is 0 Å². The summed E-state index contributed by atoms with van der Waals surface area (Å²) >= 11 is 1.74. The predicted molar refractivity (Wildman–Crippen MR) is 54.8 cm³/mol. The Hall–Kier alpha value is 0.310. The van der Waals surface area contributed by atoms with E-state index in [4.69, 9.17) is 0 Å². The molecule has 0 aliphatic heterocycles. The SMILES string of the molecule is CCC(C)CC(CC)NSC. The van der Waals surface area contributed by atoms with Crippen LogP contribution < -0.4 is 4.72 Å². The highest BCUT2D eigenvalue weighted by atomic mass is 32.2. The van der Waals surface area contributed by atoms with Gasteiger partial charge in [-0.2, -0.15) is 0 Å². The largest absolute Gasteiger partial charge is 0.261 e. The second-order valence-electron chi connectivity index (χ2n) is 3.18. The van der Waals surface area contributed by atoms with Gasteiger partial charge in [0.25, 0.3) is 0 Å². The van der Waals surface area contributed by atoms with Crippen LogP contribution in [0, 0.1) is 5.92 Å². The molecule has 0 heterocycles. The molecule has 0 amide bonds. The molecule has 0 fully saturated rings. The Morgan fingerprint density at radius 2 is 1.91 bits per heavy atom. The van der Waals surface area contributed by atoms with Crippen LogP contribution in [0.15, 0.2) is 0 Å². The first-order valence-electron chi connectivity index (χ1n) is 4.53. The summed E-state index contributed by atoms with van der Waals surface area (Å²) in [5, 5.41) is 0. The monoisotopic (exact) mass is 175 g/mol. The van der Waals surface area contributed by atoms with Gasteiger partial charge in [-0.3, -0.25) is 4.72 Å². The molecule has 0 saturated heterocycles. The Morgan fingerprint density at radius 3 is 2.27 bits per heavy atom. The minimum Gasteiger partial charge on any atom is -0.261 e. The summed E-state index contributed by atoms with van der Waals surface area (Å²) in [6.07, 6.45) is 5.95. The van der Waals surface area contributed by atoms with Gasteiger partial charge >= 0.3 is 0 Å². The Bertz CT molecular complexity index is 85.6. The van der Waals surface area contributed by atoms with Crippen molar-refractivity contribution in [1.82, 2.24) is 4.72 Å². The van der Waals surface area contributed by atoms with Crippen molar-refractivity contribution in [2.45, 2.75) is 46.1 Å². The van der Waals surface area contributed by atoms with Crippen molar-refractivity contribution in [3.63, 3.8) is 0 Å². The van der Waals surface area contributed by atoms with Gasteiger partial charge in [0.05, 0.1) is 0 Å². The van der Waals surface area contributed by atoms with Crippen LogP contribution in [-0.2, 0) is 0 Å². The van der Waals surface area contributed by atoms with E-state index in [0.717, 1.165) is 5.92 Å². The van der Waals surface area contributed by atoms with E-state index in [9.17, 15) is 0 Å². The van der Waals surface area contributed by atoms with E-state index in [-0.39, 0.29) is 0 Å². The zero-order chi connectivity index (χ0) is 8.69. The van der Waals surface area contributed by atoms with Crippen molar-refractivity contribution < 1.29 is 0 Å². The fourth-order valence-electron chi connectivity index (χ4n) is 1.12. The normalized spacial score (nSPS) is 16.4. The lowest BCUT2D eigenvalue weighted by molar-refractivity contribution is 0.430. The lowest BCUT2D eigenvalue weighted by Gasteiger charge is -2.18. The third-order valence-corrected chi connectivity index (χ3v) is 2.73. The molecule has 0 rings (SSSR count). The average Bonchev–Trinajstić information content (AvgIpc) is 2.03. The molecule has 68 valence electrons. The number of rotatable bonds is 6. The first-order chi connectivity index (χ1) is 5.24. The summed E-state index contributed by atoms with van der Waals surface area (Å²) in [6.45, 7) is 6.83.